The monoisotopic (exact) mass is 564 g/mol. The number of carbonyl (C=O) groups excluding carboxylic acids is 1. The second-order valence-electron chi connectivity index (χ2n) is 8.24. The molecule has 1 aliphatic heterocycles. The van der Waals surface area contributed by atoms with Crippen molar-refractivity contribution in [3.8, 4) is 0 Å². The average molecular weight is 565 g/mol. The standard InChI is InChI=1S/C26H36N4O2.HI/c1-6-29(7-2)25(31)22-11-9-21(10-12-22)17-28-26(27-5)30-14-15-32-24(18-30)23-13-8-19(3)16-20(23)4;/h8-13,16,24H,6-7,14-15,17-18H2,1-5H3,(H,27,28);1H. The maximum Gasteiger partial charge on any atom is 0.253 e. The SMILES string of the molecule is CCN(CC)C(=O)c1ccc(CNC(=NC)N2CCOC(c3ccc(C)cc3C)C2)cc1.I. The molecule has 6 nitrogen and oxygen atoms in total. The van der Waals surface area contributed by atoms with Crippen LogP contribution in [0.15, 0.2) is 47.5 Å². The Kier molecular flexibility index (Phi) is 10.6. The number of ether oxygens (including phenoxy) is 1. The van der Waals surface area contributed by atoms with E-state index in [1.54, 1.807) is 0 Å². The van der Waals surface area contributed by atoms with Crippen LogP contribution in [0.5, 0.6) is 0 Å². The van der Waals surface area contributed by atoms with E-state index in [0.29, 0.717) is 13.2 Å². The van der Waals surface area contributed by atoms with Gasteiger partial charge in [-0.2, -0.15) is 0 Å². The molecule has 0 radical (unpaired) electrons. The predicted octanol–water partition coefficient (Wildman–Crippen LogP) is 4.55. The summed E-state index contributed by atoms with van der Waals surface area (Å²) in [5.41, 5.74) is 5.61. The lowest BCUT2D eigenvalue weighted by Gasteiger charge is -2.36. The Balaban J connectivity index is 0.00000385. The minimum Gasteiger partial charge on any atom is -0.370 e. The van der Waals surface area contributed by atoms with Gasteiger partial charge < -0.3 is 19.9 Å². The smallest absolute Gasteiger partial charge is 0.253 e. The number of amides is 1. The Bertz CT molecular complexity index is 942. The van der Waals surface area contributed by atoms with Gasteiger partial charge in [0.25, 0.3) is 5.91 Å². The van der Waals surface area contributed by atoms with E-state index in [9.17, 15) is 4.79 Å². The summed E-state index contributed by atoms with van der Waals surface area (Å²) in [6.07, 6.45) is 0.0354. The highest BCUT2D eigenvalue weighted by Crippen LogP contribution is 2.26. The minimum absolute atomic E-state index is 0. The van der Waals surface area contributed by atoms with Crippen LogP contribution < -0.4 is 5.32 Å². The molecule has 1 saturated heterocycles. The van der Waals surface area contributed by atoms with Gasteiger partial charge in [-0.05, 0) is 56.5 Å². The number of guanidine groups is 1. The molecule has 1 atom stereocenters. The number of hydrogen-bond acceptors (Lipinski definition) is 3. The summed E-state index contributed by atoms with van der Waals surface area (Å²) >= 11 is 0. The van der Waals surface area contributed by atoms with Crippen LogP contribution in [-0.4, -0.2) is 61.5 Å². The van der Waals surface area contributed by atoms with Gasteiger partial charge in [0, 0.05) is 38.8 Å². The number of halogens is 1. The topological polar surface area (TPSA) is 57.2 Å². The first-order valence-electron chi connectivity index (χ1n) is 11.5. The first-order valence-corrected chi connectivity index (χ1v) is 11.5. The molecular formula is C26H37IN4O2. The highest BCUT2D eigenvalue weighted by molar-refractivity contribution is 14.0. The van der Waals surface area contributed by atoms with E-state index in [0.717, 1.165) is 43.3 Å². The Labute approximate surface area is 215 Å². The zero-order valence-corrected chi connectivity index (χ0v) is 22.8. The number of rotatable bonds is 6. The van der Waals surface area contributed by atoms with E-state index >= 15 is 0 Å². The molecule has 1 fully saturated rings. The van der Waals surface area contributed by atoms with Crippen molar-refractivity contribution in [1.82, 2.24) is 15.1 Å². The fourth-order valence-corrected chi connectivity index (χ4v) is 4.19. The molecule has 1 aliphatic rings. The lowest BCUT2D eigenvalue weighted by Crippen LogP contribution is -2.48. The van der Waals surface area contributed by atoms with Crippen LogP contribution in [0.25, 0.3) is 0 Å². The highest BCUT2D eigenvalue weighted by atomic mass is 127. The second kappa shape index (κ2) is 12.9. The van der Waals surface area contributed by atoms with Crippen LogP contribution in [0.3, 0.4) is 0 Å². The fraction of sp³-hybridized carbons (Fsp3) is 0.462. The number of aryl methyl sites for hydroxylation is 2. The van der Waals surface area contributed by atoms with E-state index in [1.165, 1.54) is 16.7 Å². The molecule has 0 spiro atoms. The van der Waals surface area contributed by atoms with Crippen LogP contribution >= 0.6 is 24.0 Å². The van der Waals surface area contributed by atoms with E-state index in [1.807, 2.05) is 50.1 Å². The van der Waals surface area contributed by atoms with Crippen LogP contribution in [0.1, 0.15) is 52.6 Å². The molecule has 0 saturated carbocycles. The van der Waals surface area contributed by atoms with Crippen molar-refractivity contribution < 1.29 is 9.53 Å². The third-order valence-electron chi connectivity index (χ3n) is 6.05. The number of nitrogens with zero attached hydrogens (tertiary/aromatic N) is 3. The molecular weight excluding hydrogens is 527 g/mol. The molecule has 2 aromatic rings. The van der Waals surface area contributed by atoms with Crippen molar-refractivity contribution in [3.05, 3.63) is 70.3 Å². The molecule has 0 aromatic heterocycles. The minimum atomic E-state index is 0. The van der Waals surface area contributed by atoms with Gasteiger partial charge in [0.2, 0.25) is 0 Å². The molecule has 2 aromatic carbocycles. The molecule has 33 heavy (non-hydrogen) atoms. The number of hydrogen-bond donors (Lipinski definition) is 1. The van der Waals surface area contributed by atoms with Crippen molar-refractivity contribution in [2.75, 3.05) is 39.8 Å². The Morgan fingerprint density at radius 2 is 1.85 bits per heavy atom. The van der Waals surface area contributed by atoms with E-state index in [2.05, 4.69) is 47.3 Å². The normalized spacial score (nSPS) is 16.2. The van der Waals surface area contributed by atoms with Gasteiger partial charge >= 0.3 is 0 Å². The molecule has 1 N–H and O–H groups in total. The average Bonchev–Trinajstić information content (AvgIpc) is 2.81. The van der Waals surface area contributed by atoms with Crippen LogP contribution in [0, 0.1) is 13.8 Å². The number of aliphatic imine (C=N–C) groups is 1. The highest BCUT2D eigenvalue weighted by Gasteiger charge is 2.25. The van der Waals surface area contributed by atoms with Crippen LogP contribution in [-0.2, 0) is 11.3 Å². The van der Waals surface area contributed by atoms with E-state index < -0.39 is 0 Å². The molecule has 1 unspecified atom stereocenters. The summed E-state index contributed by atoms with van der Waals surface area (Å²) in [7, 11) is 1.82. The molecule has 1 heterocycles. The summed E-state index contributed by atoms with van der Waals surface area (Å²) in [4.78, 5) is 21.1. The molecule has 7 heteroatoms. The summed E-state index contributed by atoms with van der Waals surface area (Å²) < 4.78 is 6.09. The van der Waals surface area contributed by atoms with Gasteiger partial charge in [0.1, 0.15) is 6.10 Å². The van der Waals surface area contributed by atoms with Gasteiger partial charge in [0.15, 0.2) is 5.96 Å². The maximum atomic E-state index is 12.5. The summed E-state index contributed by atoms with van der Waals surface area (Å²) in [6, 6.07) is 14.4. The zero-order valence-electron chi connectivity index (χ0n) is 20.4. The largest absolute Gasteiger partial charge is 0.370 e. The third kappa shape index (κ3) is 6.93. The predicted molar refractivity (Wildman–Crippen MR) is 145 cm³/mol. The molecule has 0 bridgehead atoms. The van der Waals surface area contributed by atoms with Crippen LogP contribution in [0.2, 0.25) is 0 Å². The summed E-state index contributed by atoms with van der Waals surface area (Å²) in [5.74, 6) is 0.947. The summed E-state index contributed by atoms with van der Waals surface area (Å²) in [6.45, 7) is 12.6. The number of nitrogens with one attached hydrogen (secondary N) is 1. The zero-order chi connectivity index (χ0) is 23.1. The van der Waals surface area contributed by atoms with Gasteiger partial charge in [-0.3, -0.25) is 9.79 Å². The molecule has 0 aliphatic carbocycles. The van der Waals surface area contributed by atoms with E-state index in [4.69, 9.17) is 4.74 Å². The van der Waals surface area contributed by atoms with Crippen LogP contribution in [0.4, 0.5) is 0 Å². The molecule has 3 rings (SSSR count). The van der Waals surface area contributed by atoms with Crippen molar-refractivity contribution >= 4 is 35.8 Å². The van der Waals surface area contributed by atoms with Gasteiger partial charge in [0.05, 0.1) is 13.2 Å². The van der Waals surface area contributed by atoms with Crippen molar-refractivity contribution in [2.45, 2.75) is 40.3 Å². The lowest BCUT2D eigenvalue weighted by molar-refractivity contribution is -0.00834. The lowest BCUT2D eigenvalue weighted by atomic mass is 10.00. The maximum absolute atomic E-state index is 12.5. The van der Waals surface area contributed by atoms with Gasteiger partial charge in [-0.1, -0.05) is 35.9 Å². The number of benzene rings is 2. The Morgan fingerprint density at radius 3 is 2.45 bits per heavy atom. The second-order valence-corrected chi connectivity index (χ2v) is 8.24. The summed E-state index contributed by atoms with van der Waals surface area (Å²) in [5, 5.41) is 3.47. The Hall–Kier alpha value is -2.13. The molecule has 1 amide bonds. The Morgan fingerprint density at radius 1 is 1.15 bits per heavy atom. The number of carbonyl (C=O) groups is 1. The quantitative estimate of drug-likeness (QED) is 0.318. The van der Waals surface area contributed by atoms with Crippen molar-refractivity contribution in [3.63, 3.8) is 0 Å². The van der Waals surface area contributed by atoms with Crippen molar-refractivity contribution in [1.29, 1.82) is 0 Å². The van der Waals surface area contributed by atoms with Gasteiger partial charge in [-0.25, -0.2) is 0 Å². The molecule has 180 valence electrons. The first kappa shape index (κ1) is 27.1. The third-order valence-corrected chi connectivity index (χ3v) is 6.05. The van der Waals surface area contributed by atoms with E-state index in [-0.39, 0.29) is 36.0 Å². The van der Waals surface area contributed by atoms with Crippen molar-refractivity contribution in [2.24, 2.45) is 4.99 Å². The number of morpholine rings is 1. The fourth-order valence-electron chi connectivity index (χ4n) is 4.19. The van der Waals surface area contributed by atoms with Gasteiger partial charge in [-0.15, -0.1) is 24.0 Å². The first-order chi connectivity index (χ1) is 15.5.